The van der Waals surface area contributed by atoms with E-state index in [1.54, 1.807) is 0 Å². The van der Waals surface area contributed by atoms with Gasteiger partial charge in [-0.25, -0.2) is 0 Å². The van der Waals surface area contributed by atoms with Gasteiger partial charge >= 0.3 is 17.9 Å². The Balaban J connectivity index is 4.23. The smallest absolute Gasteiger partial charge is 0.306 e. The van der Waals surface area contributed by atoms with E-state index in [1.807, 2.05) is 0 Å². The van der Waals surface area contributed by atoms with Crippen molar-refractivity contribution >= 4 is 17.9 Å². The van der Waals surface area contributed by atoms with Gasteiger partial charge in [0.2, 0.25) is 0 Å². The van der Waals surface area contributed by atoms with E-state index in [0.717, 1.165) is 75.5 Å². The van der Waals surface area contributed by atoms with Gasteiger partial charge in [0.25, 0.3) is 0 Å². The van der Waals surface area contributed by atoms with Gasteiger partial charge in [-0.05, 0) is 37.0 Å². The Morgan fingerprint density at radius 2 is 0.522 bits per heavy atom. The molecule has 0 aliphatic rings. The highest BCUT2D eigenvalue weighted by Gasteiger charge is 2.19. The third-order valence-corrected chi connectivity index (χ3v) is 14.3. The molecule has 6 heteroatoms. The SMILES string of the molecule is CCC(C)CCCCCCCCCCCCCCCCCCCCC(=O)OC[C@H](COC(=O)CCCCCCCCCCCC(C)C)OC(=O)CCCCCCCCCCCCCCC(C)C. The topological polar surface area (TPSA) is 78.9 Å². The van der Waals surface area contributed by atoms with E-state index < -0.39 is 6.10 Å². The van der Waals surface area contributed by atoms with Crippen LogP contribution in [0.5, 0.6) is 0 Å². The summed E-state index contributed by atoms with van der Waals surface area (Å²) >= 11 is 0. The Kier molecular flexibility index (Phi) is 51.0. The van der Waals surface area contributed by atoms with Gasteiger partial charge in [0.05, 0.1) is 0 Å². The lowest BCUT2D eigenvalue weighted by molar-refractivity contribution is -0.167. The molecule has 0 spiro atoms. The first-order valence-corrected chi connectivity index (χ1v) is 30.1. The monoisotopic (exact) mass is 947 g/mol. The van der Waals surface area contributed by atoms with Crippen LogP contribution in [0.15, 0.2) is 0 Å². The van der Waals surface area contributed by atoms with Crippen LogP contribution in [0.3, 0.4) is 0 Å². The van der Waals surface area contributed by atoms with Crippen LogP contribution >= 0.6 is 0 Å². The molecular weight excluding hydrogens is 829 g/mol. The zero-order valence-corrected chi connectivity index (χ0v) is 46.2. The second-order valence-electron chi connectivity index (χ2n) is 22.2. The van der Waals surface area contributed by atoms with Crippen LogP contribution in [0.4, 0.5) is 0 Å². The van der Waals surface area contributed by atoms with Crippen LogP contribution < -0.4 is 0 Å². The minimum absolute atomic E-state index is 0.0635. The average Bonchev–Trinajstić information content (AvgIpc) is 3.30. The quantitative estimate of drug-likeness (QED) is 0.0343. The molecule has 0 radical (unpaired) electrons. The molecule has 398 valence electrons. The number of rotatable bonds is 54. The first-order chi connectivity index (χ1) is 32.6. The van der Waals surface area contributed by atoms with E-state index in [9.17, 15) is 14.4 Å². The molecule has 67 heavy (non-hydrogen) atoms. The van der Waals surface area contributed by atoms with E-state index >= 15 is 0 Å². The molecule has 0 aromatic heterocycles. The van der Waals surface area contributed by atoms with Gasteiger partial charge in [-0.1, -0.05) is 298 Å². The van der Waals surface area contributed by atoms with Crippen molar-refractivity contribution in [2.24, 2.45) is 17.8 Å². The third kappa shape index (κ3) is 53.6. The number of hydrogen-bond donors (Lipinski definition) is 0. The highest BCUT2D eigenvalue weighted by Crippen LogP contribution is 2.19. The summed E-state index contributed by atoms with van der Waals surface area (Å²) in [6, 6.07) is 0. The van der Waals surface area contributed by atoms with Crippen molar-refractivity contribution in [1.82, 2.24) is 0 Å². The van der Waals surface area contributed by atoms with Gasteiger partial charge in [0.15, 0.2) is 6.10 Å². The Morgan fingerprint density at radius 1 is 0.299 bits per heavy atom. The Hall–Kier alpha value is -1.59. The number of esters is 3. The zero-order chi connectivity index (χ0) is 49.1. The molecule has 0 bridgehead atoms. The second kappa shape index (κ2) is 52.2. The lowest BCUT2D eigenvalue weighted by atomic mass is 9.99. The highest BCUT2D eigenvalue weighted by molar-refractivity contribution is 5.71. The van der Waals surface area contributed by atoms with E-state index in [-0.39, 0.29) is 31.1 Å². The Morgan fingerprint density at radius 3 is 0.776 bits per heavy atom. The zero-order valence-electron chi connectivity index (χ0n) is 46.2. The first-order valence-electron chi connectivity index (χ1n) is 30.1. The normalized spacial score (nSPS) is 12.5. The Labute approximate surface area is 418 Å². The summed E-state index contributed by atoms with van der Waals surface area (Å²) in [6.07, 6.45) is 55.3. The fourth-order valence-corrected chi connectivity index (χ4v) is 9.32. The molecule has 0 saturated carbocycles. The first kappa shape index (κ1) is 65.4. The predicted molar refractivity (Wildman–Crippen MR) is 289 cm³/mol. The minimum atomic E-state index is -0.764. The van der Waals surface area contributed by atoms with Crippen LogP contribution in [0.25, 0.3) is 0 Å². The van der Waals surface area contributed by atoms with Crippen molar-refractivity contribution in [3.05, 3.63) is 0 Å². The maximum atomic E-state index is 12.9. The summed E-state index contributed by atoms with van der Waals surface area (Å²) in [7, 11) is 0. The van der Waals surface area contributed by atoms with Crippen molar-refractivity contribution < 1.29 is 28.6 Å². The molecule has 0 rings (SSSR count). The van der Waals surface area contributed by atoms with E-state index in [1.165, 1.54) is 218 Å². The van der Waals surface area contributed by atoms with Crippen molar-refractivity contribution in [2.45, 2.75) is 343 Å². The third-order valence-electron chi connectivity index (χ3n) is 14.3. The molecule has 0 aliphatic carbocycles. The highest BCUT2D eigenvalue weighted by atomic mass is 16.6. The molecular formula is C61H118O6. The summed E-state index contributed by atoms with van der Waals surface area (Å²) in [4.78, 5) is 38.2. The summed E-state index contributed by atoms with van der Waals surface area (Å²) in [5.74, 6) is 1.71. The maximum absolute atomic E-state index is 12.9. The molecule has 0 aliphatic heterocycles. The van der Waals surface area contributed by atoms with Gasteiger partial charge in [-0.15, -0.1) is 0 Å². The predicted octanol–water partition coefficient (Wildman–Crippen LogP) is 19.9. The average molecular weight is 948 g/mol. The van der Waals surface area contributed by atoms with Gasteiger partial charge < -0.3 is 14.2 Å². The molecule has 0 N–H and O–H groups in total. The number of unbranched alkanes of at least 4 members (excludes halogenated alkanes) is 36. The fourth-order valence-electron chi connectivity index (χ4n) is 9.32. The van der Waals surface area contributed by atoms with Crippen molar-refractivity contribution in [2.75, 3.05) is 13.2 Å². The standard InChI is InChI=1S/C61H118O6/c1-7-57(6)49-43-37-31-25-19-14-12-10-8-9-11-13-15-20-26-32-38-44-50-59(62)65-53-58(54-66-60(63)51-45-39-33-28-22-24-30-36-42-48-56(4)5)67-61(64)52-46-40-34-27-21-17-16-18-23-29-35-41-47-55(2)3/h55-58H,7-54H2,1-6H3/t57?,58-/m1/s1. The van der Waals surface area contributed by atoms with Crippen LogP contribution in [0, 0.1) is 17.8 Å². The number of ether oxygens (including phenoxy) is 3. The van der Waals surface area contributed by atoms with Crippen molar-refractivity contribution in [3.63, 3.8) is 0 Å². The number of carbonyl (C=O) groups excluding carboxylic acids is 3. The summed E-state index contributed by atoms with van der Waals surface area (Å²) < 4.78 is 16.9. The van der Waals surface area contributed by atoms with Crippen LogP contribution in [0.1, 0.15) is 337 Å². The molecule has 0 aromatic rings. The maximum Gasteiger partial charge on any atom is 0.306 e. The molecule has 0 fully saturated rings. The molecule has 0 amide bonds. The van der Waals surface area contributed by atoms with Crippen LogP contribution in [0.2, 0.25) is 0 Å². The van der Waals surface area contributed by atoms with Crippen molar-refractivity contribution in [3.8, 4) is 0 Å². The largest absolute Gasteiger partial charge is 0.462 e. The van der Waals surface area contributed by atoms with Gasteiger partial charge in [0, 0.05) is 19.3 Å². The van der Waals surface area contributed by atoms with Gasteiger partial charge in [-0.3, -0.25) is 14.4 Å². The molecule has 0 aromatic carbocycles. The molecule has 1 unspecified atom stereocenters. The van der Waals surface area contributed by atoms with Gasteiger partial charge in [0.1, 0.15) is 13.2 Å². The second-order valence-corrected chi connectivity index (χ2v) is 22.2. The molecule has 2 atom stereocenters. The summed E-state index contributed by atoms with van der Waals surface area (Å²) in [5.41, 5.74) is 0. The van der Waals surface area contributed by atoms with E-state index in [2.05, 4.69) is 41.5 Å². The summed E-state index contributed by atoms with van der Waals surface area (Å²) in [5, 5.41) is 0. The van der Waals surface area contributed by atoms with Crippen LogP contribution in [-0.4, -0.2) is 37.2 Å². The lowest BCUT2D eigenvalue weighted by Gasteiger charge is -2.18. The number of carbonyl (C=O) groups is 3. The molecule has 0 saturated heterocycles. The van der Waals surface area contributed by atoms with E-state index in [4.69, 9.17) is 14.2 Å². The van der Waals surface area contributed by atoms with Gasteiger partial charge in [-0.2, -0.15) is 0 Å². The van der Waals surface area contributed by atoms with Crippen LogP contribution in [-0.2, 0) is 28.6 Å². The lowest BCUT2D eigenvalue weighted by Crippen LogP contribution is -2.30. The Bertz CT molecular complexity index is 1040. The molecule has 0 heterocycles. The van der Waals surface area contributed by atoms with E-state index in [0.29, 0.717) is 19.3 Å². The van der Waals surface area contributed by atoms with Crippen molar-refractivity contribution in [1.29, 1.82) is 0 Å². The number of hydrogen-bond acceptors (Lipinski definition) is 6. The summed E-state index contributed by atoms with van der Waals surface area (Å²) in [6.45, 7) is 13.8. The molecule has 6 nitrogen and oxygen atoms in total. The minimum Gasteiger partial charge on any atom is -0.462 e. The fraction of sp³-hybridized carbons (Fsp3) is 0.951.